The van der Waals surface area contributed by atoms with E-state index in [2.05, 4.69) is 0 Å². The average Bonchev–Trinajstić information content (AvgIpc) is 2.22. The molecule has 2 unspecified atom stereocenters. The second-order valence-electron chi connectivity index (χ2n) is 4.42. The van der Waals surface area contributed by atoms with Crippen LogP contribution in [0.4, 0.5) is 0 Å². The maximum atomic E-state index is 11.4. The van der Waals surface area contributed by atoms with E-state index in [1.54, 1.807) is 0 Å². The first-order chi connectivity index (χ1) is 7.02. The molecule has 0 saturated carbocycles. The van der Waals surface area contributed by atoms with Crippen molar-refractivity contribution in [3.05, 3.63) is 0 Å². The molecule has 0 radical (unpaired) electrons. The van der Waals surface area contributed by atoms with Gasteiger partial charge in [-0.25, -0.2) is 0 Å². The number of carbonyl (C=O) groups excluding carboxylic acids is 2. The Labute approximate surface area is 92.2 Å². The third-order valence-electron chi connectivity index (χ3n) is 2.72. The summed E-state index contributed by atoms with van der Waals surface area (Å²) in [4.78, 5) is 21.8. The smallest absolute Gasteiger partial charge is 0.308 e. The number of hydrogen-bond donors (Lipinski definition) is 0. The molecule has 0 aliphatic carbocycles. The van der Waals surface area contributed by atoms with Crippen molar-refractivity contribution in [2.45, 2.75) is 40.0 Å². The fraction of sp³-hybridized carbons (Fsp3) is 0.833. The Hall–Kier alpha value is -0.860. The van der Waals surface area contributed by atoms with Crippen LogP contribution < -0.4 is 0 Å². The van der Waals surface area contributed by atoms with E-state index in [0.29, 0.717) is 5.92 Å². The van der Waals surface area contributed by atoms with Crippen LogP contribution in [0.1, 0.15) is 40.0 Å². The first-order valence-electron chi connectivity index (χ1n) is 5.56. The quantitative estimate of drug-likeness (QED) is 0.483. The lowest BCUT2D eigenvalue weighted by atomic mass is 9.89. The highest BCUT2D eigenvalue weighted by Gasteiger charge is 2.22. The normalized spacial score (nSPS) is 14.7. The summed E-state index contributed by atoms with van der Waals surface area (Å²) in [6.45, 7) is 5.94. The monoisotopic (exact) mass is 214 g/mol. The van der Waals surface area contributed by atoms with Crippen LogP contribution >= 0.6 is 0 Å². The number of ether oxygens (including phenoxy) is 1. The van der Waals surface area contributed by atoms with Crippen molar-refractivity contribution in [1.29, 1.82) is 0 Å². The van der Waals surface area contributed by atoms with Crippen LogP contribution in [-0.2, 0) is 14.3 Å². The third kappa shape index (κ3) is 5.55. The Morgan fingerprint density at radius 2 is 1.87 bits per heavy atom. The summed E-state index contributed by atoms with van der Waals surface area (Å²) in [6, 6.07) is 0. The zero-order chi connectivity index (χ0) is 11.8. The van der Waals surface area contributed by atoms with E-state index >= 15 is 0 Å². The van der Waals surface area contributed by atoms with Crippen molar-refractivity contribution >= 4 is 12.3 Å². The summed E-state index contributed by atoms with van der Waals surface area (Å²) in [5.74, 6) is 0.219. The average molecular weight is 214 g/mol. The van der Waals surface area contributed by atoms with Crippen molar-refractivity contribution in [2.75, 3.05) is 7.11 Å². The van der Waals surface area contributed by atoms with Crippen LogP contribution in [0, 0.1) is 17.8 Å². The lowest BCUT2D eigenvalue weighted by Gasteiger charge is -2.18. The summed E-state index contributed by atoms with van der Waals surface area (Å²) in [5, 5.41) is 0. The van der Waals surface area contributed by atoms with Crippen molar-refractivity contribution < 1.29 is 14.3 Å². The highest BCUT2D eigenvalue weighted by atomic mass is 16.5. The summed E-state index contributed by atoms with van der Waals surface area (Å²) in [5.41, 5.74) is 0. The number of hydrogen-bond acceptors (Lipinski definition) is 3. The molecule has 0 fully saturated rings. The third-order valence-corrected chi connectivity index (χ3v) is 2.72. The maximum absolute atomic E-state index is 11.4. The molecule has 0 aromatic heterocycles. The first kappa shape index (κ1) is 14.1. The van der Waals surface area contributed by atoms with Crippen LogP contribution in [0.3, 0.4) is 0 Å². The van der Waals surface area contributed by atoms with E-state index in [-0.39, 0.29) is 17.8 Å². The minimum atomic E-state index is -0.135. The second-order valence-corrected chi connectivity index (χ2v) is 4.42. The van der Waals surface area contributed by atoms with Crippen LogP contribution in [0.25, 0.3) is 0 Å². The molecule has 2 atom stereocenters. The van der Waals surface area contributed by atoms with Gasteiger partial charge in [0.15, 0.2) is 0 Å². The number of rotatable bonds is 7. The van der Waals surface area contributed by atoms with Gasteiger partial charge in [0.1, 0.15) is 6.29 Å². The van der Waals surface area contributed by atoms with Gasteiger partial charge >= 0.3 is 5.97 Å². The largest absolute Gasteiger partial charge is 0.469 e. The van der Waals surface area contributed by atoms with E-state index in [1.807, 2.05) is 20.8 Å². The minimum Gasteiger partial charge on any atom is -0.469 e. The fourth-order valence-corrected chi connectivity index (χ4v) is 1.60. The standard InChI is InChI=1S/C12H22O3/c1-9(2)11(12(14)15-4)7-5-6-10(3)8-13/h8-11H,5-7H2,1-4H3. The molecule has 0 spiro atoms. The van der Waals surface area contributed by atoms with E-state index in [0.717, 1.165) is 25.5 Å². The Balaban J connectivity index is 3.97. The molecule has 0 aliphatic heterocycles. The van der Waals surface area contributed by atoms with Gasteiger partial charge < -0.3 is 9.53 Å². The molecule has 0 aromatic rings. The zero-order valence-electron chi connectivity index (χ0n) is 10.2. The predicted octanol–water partition coefficient (Wildman–Crippen LogP) is 2.44. The molecule has 0 amide bonds. The van der Waals surface area contributed by atoms with Gasteiger partial charge in [-0.05, 0) is 18.8 Å². The van der Waals surface area contributed by atoms with Gasteiger partial charge in [0, 0.05) is 5.92 Å². The summed E-state index contributed by atoms with van der Waals surface area (Å²) < 4.78 is 4.75. The molecular weight excluding hydrogens is 192 g/mol. The summed E-state index contributed by atoms with van der Waals surface area (Å²) in [6.07, 6.45) is 3.52. The lowest BCUT2D eigenvalue weighted by Crippen LogP contribution is -2.21. The molecule has 3 heteroatoms. The summed E-state index contributed by atoms with van der Waals surface area (Å²) in [7, 11) is 1.42. The highest BCUT2D eigenvalue weighted by Crippen LogP contribution is 2.20. The molecule has 0 N–H and O–H groups in total. The molecule has 0 bridgehead atoms. The van der Waals surface area contributed by atoms with Gasteiger partial charge in [0.05, 0.1) is 13.0 Å². The Morgan fingerprint density at radius 3 is 2.27 bits per heavy atom. The van der Waals surface area contributed by atoms with Crippen LogP contribution in [0.2, 0.25) is 0 Å². The van der Waals surface area contributed by atoms with E-state index in [4.69, 9.17) is 4.74 Å². The van der Waals surface area contributed by atoms with Crippen LogP contribution in [0.15, 0.2) is 0 Å². The zero-order valence-corrected chi connectivity index (χ0v) is 10.2. The fourth-order valence-electron chi connectivity index (χ4n) is 1.60. The van der Waals surface area contributed by atoms with E-state index in [1.165, 1.54) is 7.11 Å². The summed E-state index contributed by atoms with van der Waals surface area (Å²) >= 11 is 0. The van der Waals surface area contributed by atoms with Gasteiger partial charge in [-0.15, -0.1) is 0 Å². The van der Waals surface area contributed by atoms with Crippen molar-refractivity contribution in [2.24, 2.45) is 17.8 Å². The maximum Gasteiger partial charge on any atom is 0.308 e. The molecule has 0 saturated heterocycles. The lowest BCUT2D eigenvalue weighted by molar-refractivity contribution is -0.147. The van der Waals surface area contributed by atoms with Crippen molar-refractivity contribution in [3.63, 3.8) is 0 Å². The second kappa shape index (κ2) is 7.43. The molecule has 0 aliphatic rings. The molecule has 88 valence electrons. The predicted molar refractivity (Wildman–Crippen MR) is 59.4 cm³/mol. The number of aldehydes is 1. The molecule has 3 nitrogen and oxygen atoms in total. The number of esters is 1. The number of methoxy groups -OCH3 is 1. The Kier molecular flexibility index (Phi) is 7.01. The molecule has 15 heavy (non-hydrogen) atoms. The van der Waals surface area contributed by atoms with E-state index < -0.39 is 0 Å². The minimum absolute atomic E-state index is 0.0335. The molecule has 0 rings (SSSR count). The SMILES string of the molecule is COC(=O)C(CCCC(C)C=O)C(C)C. The van der Waals surface area contributed by atoms with Crippen molar-refractivity contribution in [1.82, 2.24) is 0 Å². The van der Waals surface area contributed by atoms with Crippen LogP contribution in [0.5, 0.6) is 0 Å². The Bertz CT molecular complexity index is 199. The van der Waals surface area contributed by atoms with Gasteiger partial charge in [-0.2, -0.15) is 0 Å². The van der Waals surface area contributed by atoms with Gasteiger partial charge in [-0.1, -0.05) is 27.2 Å². The molecule has 0 aromatic carbocycles. The first-order valence-corrected chi connectivity index (χ1v) is 5.56. The molecular formula is C12H22O3. The van der Waals surface area contributed by atoms with Gasteiger partial charge in [0.2, 0.25) is 0 Å². The van der Waals surface area contributed by atoms with Crippen LogP contribution in [-0.4, -0.2) is 19.4 Å². The number of carbonyl (C=O) groups is 2. The molecule has 0 heterocycles. The van der Waals surface area contributed by atoms with Gasteiger partial charge in [-0.3, -0.25) is 4.79 Å². The topological polar surface area (TPSA) is 43.4 Å². The van der Waals surface area contributed by atoms with Gasteiger partial charge in [0.25, 0.3) is 0 Å². The Morgan fingerprint density at radius 1 is 1.27 bits per heavy atom. The highest BCUT2D eigenvalue weighted by molar-refractivity contribution is 5.72. The van der Waals surface area contributed by atoms with Crippen molar-refractivity contribution in [3.8, 4) is 0 Å². The van der Waals surface area contributed by atoms with E-state index in [9.17, 15) is 9.59 Å².